The topological polar surface area (TPSA) is 72.2 Å². The molecule has 1 aliphatic carbocycles. The van der Waals surface area contributed by atoms with Crippen LogP contribution in [0.1, 0.15) is 55.3 Å². The van der Waals surface area contributed by atoms with E-state index in [9.17, 15) is 4.79 Å². The fourth-order valence-electron chi connectivity index (χ4n) is 3.37. The molecule has 0 saturated heterocycles. The molecule has 0 spiro atoms. The third-order valence-corrected chi connectivity index (χ3v) is 4.77. The first-order chi connectivity index (χ1) is 11.6. The minimum absolute atomic E-state index is 0.103. The zero-order valence-corrected chi connectivity index (χ0v) is 14.5. The van der Waals surface area contributed by atoms with Gasteiger partial charge in [0.25, 0.3) is 0 Å². The Morgan fingerprint density at radius 1 is 1.29 bits per heavy atom. The molecule has 0 aromatic carbocycles. The van der Waals surface area contributed by atoms with Crippen molar-refractivity contribution >= 4 is 11.6 Å². The summed E-state index contributed by atoms with van der Waals surface area (Å²) in [5, 5.41) is 15.5. The molecule has 2 heterocycles. The van der Waals surface area contributed by atoms with Crippen molar-refractivity contribution in [1.82, 2.24) is 25.1 Å². The predicted molar refractivity (Wildman–Crippen MR) is 92.8 cm³/mol. The first-order valence-electron chi connectivity index (χ1n) is 8.76. The van der Waals surface area contributed by atoms with Gasteiger partial charge in [0.1, 0.15) is 6.33 Å². The van der Waals surface area contributed by atoms with Gasteiger partial charge >= 0.3 is 0 Å². The number of carbonyl (C=O) groups is 1. The number of aryl methyl sites for hydroxylation is 2. The van der Waals surface area contributed by atoms with Crippen molar-refractivity contribution in [2.75, 3.05) is 6.54 Å². The van der Waals surface area contributed by atoms with Gasteiger partial charge in [-0.3, -0.25) is 4.79 Å². The van der Waals surface area contributed by atoms with Crippen LogP contribution in [0.4, 0.5) is 0 Å². The Morgan fingerprint density at radius 3 is 2.96 bits per heavy atom. The van der Waals surface area contributed by atoms with E-state index in [0.717, 1.165) is 35.4 Å². The molecule has 0 aliphatic heterocycles. The highest BCUT2D eigenvalue weighted by Gasteiger charge is 2.13. The molecule has 0 unspecified atom stereocenters. The highest BCUT2D eigenvalue weighted by Crippen LogP contribution is 2.19. The largest absolute Gasteiger partial charge is 0.356 e. The van der Waals surface area contributed by atoms with Gasteiger partial charge in [-0.2, -0.15) is 5.10 Å². The highest BCUT2D eigenvalue weighted by molar-refractivity contribution is 5.76. The molecule has 2 aromatic heterocycles. The Kier molecular flexibility index (Phi) is 5.23. The van der Waals surface area contributed by atoms with Crippen LogP contribution in [-0.2, 0) is 11.2 Å². The van der Waals surface area contributed by atoms with Crippen LogP contribution in [0, 0.1) is 13.8 Å². The summed E-state index contributed by atoms with van der Waals surface area (Å²) in [6, 6.07) is 0. The third kappa shape index (κ3) is 3.80. The number of nitrogens with one attached hydrogen (secondary N) is 1. The lowest BCUT2D eigenvalue weighted by atomic mass is 9.97. The number of fused-ring (bicyclic) bond motifs is 1. The first kappa shape index (κ1) is 16.6. The number of amides is 1. The zero-order chi connectivity index (χ0) is 16.9. The molecule has 1 aliphatic rings. The maximum Gasteiger partial charge on any atom is 0.220 e. The third-order valence-electron chi connectivity index (χ3n) is 4.77. The summed E-state index contributed by atoms with van der Waals surface area (Å²) < 4.78 is 1.69. The molecule has 3 rings (SSSR count). The minimum Gasteiger partial charge on any atom is -0.356 e. The monoisotopic (exact) mass is 327 g/mol. The molecule has 1 N–H and O–H groups in total. The van der Waals surface area contributed by atoms with E-state index in [2.05, 4.69) is 26.7 Å². The molecule has 0 radical (unpaired) electrons. The standard InChI is InChI=1S/C18H25N5O/c1-13-16(14(2)22-23-12-20-21-18(13)23)8-9-17(24)19-11-10-15-6-4-3-5-7-15/h6,12H,3-5,7-11H2,1-2H3,(H,19,24). The van der Waals surface area contributed by atoms with E-state index in [1.54, 1.807) is 10.8 Å². The van der Waals surface area contributed by atoms with Crippen molar-refractivity contribution in [3.05, 3.63) is 34.8 Å². The lowest BCUT2D eigenvalue weighted by Gasteiger charge is -2.13. The van der Waals surface area contributed by atoms with Gasteiger partial charge in [0.2, 0.25) is 5.91 Å². The Bertz CT molecular complexity index is 762. The molecule has 2 aromatic rings. The number of carbonyl (C=O) groups excluding carboxylic acids is 1. The molecular formula is C18H25N5O. The molecule has 128 valence electrons. The summed E-state index contributed by atoms with van der Waals surface area (Å²) in [6.07, 6.45) is 11.1. The van der Waals surface area contributed by atoms with Crippen molar-refractivity contribution in [1.29, 1.82) is 0 Å². The summed E-state index contributed by atoms with van der Waals surface area (Å²) in [6.45, 7) is 4.72. The van der Waals surface area contributed by atoms with Crippen LogP contribution in [0.5, 0.6) is 0 Å². The van der Waals surface area contributed by atoms with Crippen molar-refractivity contribution in [3.8, 4) is 0 Å². The van der Waals surface area contributed by atoms with Crippen molar-refractivity contribution < 1.29 is 4.79 Å². The molecule has 1 amide bonds. The van der Waals surface area contributed by atoms with Gasteiger partial charge in [-0.05, 0) is 57.9 Å². The van der Waals surface area contributed by atoms with Crippen LogP contribution in [0.2, 0.25) is 0 Å². The van der Waals surface area contributed by atoms with Crippen molar-refractivity contribution in [3.63, 3.8) is 0 Å². The molecule has 0 bridgehead atoms. The number of aromatic nitrogens is 4. The quantitative estimate of drug-likeness (QED) is 0.828. The minimum atomic E-state index is 0.103. The Labute approximate surface area is 142 Å². The molecule has 0 saturated carbocycles. The van der Waals surface area contributed by atoms with Gasteiger partial charge in [-0.15, -0.1) is 10.2 Å². The summed E-state index contributed by atoms with van der Waals surface area (Å²) in [5.41, 5.74) is 5.34. The number of hydrogen-bond donors (Lipinski definition) is 1. The average molecular weight is 327 g/mol. The molecule has 0 fully saturated rings. The maximum atomic E-state index is 12.1. The van der Waals surface area contributed by atoms with Gasteiger partial charge < -0.3 is 5.32 Å². The number of allylic oxidation sites excluding steroid dienone is 1. The smallest absolute Gasteiger partial charge is 0.220 e. The predicted octanol–water partition coefficient (Wildman–Crippen LogP) is 2.68. The zero-order valence-electron chi connectivity index (χ0n) is 14.5. The van der Waals surface area contributed by atoms with Crippen LogP contribution < -0.4 is 5.32 Å². The molecular weight excluding hydrogens is 302 g/mol. The van der Waals surface area contributed by atoms with Crippen LogP contribution in [0.25, 0.3) is 5.65 Å². The summed E-state index contributed by atoms with van der Waals surface area (Å²) >= 11 is 0. The van der Waals surface area contributed by atoms with E-state index < -0.39 is 0 Å². The lowest BCUT2D eigenvalue weighted by Crippen LogP contribution is -2.25. The maximum absolute atomic E-state index is 12.1. The van der Waals surface area contributed by atoms with Gasteiger partial charge in [0, 0.05) is 18.5 Å². The van der Waals surface area contributed by atoms with Crippen LogP contribution in [-0.4, -0.2) is 32.3 Å². The lowest BCUT2D eigenvalue weighted by molar-refractivity contribution is -0.121. The first-order valence-corrected chi connectivity index (χ1v) is 8.76. The fourth-order valence-corrected chi connectivity index (χ4v) is 3.37. The van der Waals surface area contributed by atoms with E-state index in [-0.39, 0.29) is 5.91 Å². The highest BCUT2D eigenvalue weighted by atomic mass is 16.1. The second-order valence-electron chi connectivity index (χ2n) is 6.50. The Hall–Kier alpha value is -2.24. The Balaban J connectivity index is 1.51. The number of nitrogens with zero attached hydrogens (tertiary/aromatic N) is 4. The van der Waals surface area contributed by atoms with E-state index in [4.69, 9.17) is 0 Å². The number of hydrogen-bond acceptors (Lipinski definition) is 4. The summed E-state index contributed by atoms with van der Waals surface area (Å²) in [7, 11) is 0. The van der Waals surface area contributed by atoms with Crippen molar-refractivity contribution in [2.24, 2.45) is 0 Å². The normalized spacial score (nSPS) is 14.7. The molecule has 24 heavy (non-hydrogen) atoms. The van der Waals surface area contributed by atoms with Crippen LogP contribution in [0.3, 0.4) is 0 Å². The van der Waals surface area contributed by atoms with E-state index in [1.165, 1.54) is 31.3 Å². The molecule has 6 nitrogen and oxygen atoms in total. The Morgan fingerprint density at radius 2 is 2.17 bits per heavy atom. The average Bonchev–Trinajstić information content (AvgIpc) is 3.04. The van der Waals surface area contributed by atoms with Crippen LogP contribution in [0.15, 0.2) is 18.0 Å². The van der Waals surface area contributed by atoms with Crippen molar-refractivity contribution in [2.45, 2.75) is 58.8 Å². The summed E-state index contributed by atoms with van der Waals surface area (Å²) in [4.78, 5) is 12.1. The van der Waals surface area contributed by atoms with E-state index in [0.29, 0.717) is 12.8 Å². The fraction of sp³-hybridized carbons (Fsp3) is 0.556. The molecule has 0 atom stereocenters. The SMILES string of the molecule is Cc1nn2cnnc2c(C)c1CCC(=O)NCCC1=CCCCC1. The molecule has 6 heteroatoms. The number of rotatable bonds is 6. The second kappa shape index (κ2) is 7.55. The summed E-state index contributed by atoms with van der Waals surface area (Å²) in [5.74, 6) is 0.103. The van der Waals surface area contributed by atoms with Gasteiger partial charge in [-0.25, -0.2) is 4.52 Å². The van der Waals surface area contributed by atoms with Gasteiger partial charge in [0.05, 0.1) is 5.69 Å². The second-order valence-corrected chi connectivity index (χ2v) is 6.50. The van der Waals surface area contributed by atoms with Gasteiger partial charge in [-0.1, -0.05) is 11.6 Å². The van der Waals surface area contributed by atoms with Crippen LogP contribution >= 0.6 is 0 Å². The van der Waals surface area contributed by atoms with Gasteiger partial charge in [0.15, 0.2) is 5.65 Å². The van der Waals surface area contributed by atoms with E-state index in [1.807, 2.05) is 13.8 Å². The van der Waals surface area contributed by atoms with E-state index >= 15 is 0 Å².